The number of carbonyl (C=O) groups is 2. The number of Topliss-reactive ketones (excluding diaryl/α,β-unsaturated/α-hetero) is 2. The molecule has 4 nitrogen and oxygen atoms in total. The molecule has 24 heavy (non-hydrogen) atoms. The highest BCUT2D eigenvalue weighted by atomic mass is 32.1. The standard InChI is InChI=1S/C19H22N2O2S/c1-18(2)5-9-13-15(20)14-10(6-19(3,4)7-11(14)22)21-17(13)24-16(9)12(23)8-18/h5-8H2,1-4H3,(H2,20,21). The molecule has 0 atom stereocenters. The summed E-state index contributed by atoms with van der Waals surface area (Å²) in [5.41, 5.74) is 9.22. The molecule has 0 aliphatic heterocycles. The van der Waals surface area contributed by atoms with E-state index in [9.17, 15) is 9.59 Å². The van der Waals surface area contributed by atoms with Gasteiger partial charge in [0, 0.05) is 18.2 Å². The molecule has 0 saturated carbocycles. The van der Waals surface area contributed by atoms with Crippen LogP contribution in [-0.4, -0.2) is 16.6 Å². The van der Waals surface area contributed by atoms with Gasteiger partial charge in [-0.3, -0.25) is 9.59 Å². The average molecular weight is 342 g/mol. The summed E-state index contributed by atoms with van der Waals surface area (Å²) in [4.78, 5) is 31.6. The SMILES string of the molecule is CC1(C)CC(=O)c2c(nc3sc4c(c3c2N)CC(C)(C)CC4=O)C1. The monoisotopic (exact) mass is 342 g/mol. The molecule has 2 aliphatic rings. The second-order valence-corrected chi connectivity index (χ2v) is 9.82. The summed E-state index contributed by atoms with van der Waals surface area (Å²) < 4.78 is 0. The first-order chi connectivity index (χ1) is 11.1. The van der Waals surface area contributed by atoms with Crippen LogP contribution in [0.3, 0.4) is 0 Å². The minimum absolute atomic E-state index is 0.0770. The van der Waals surface area contributed by atoms with Crippen LogP contribution in [0.15, 0.2) is 0 Å². The van der Waals surface area contributed by atoms with E-state index in [1.54, 1.807) is 0 Å². The van der Waals surface area contributed by atoms with Gasteiger partial charge in [-0.15, -0.1) is 11.3 Å². The van der Waals surface area contributed by atoms with Gasteiger partial charge < -0.3 is 5.73 Å². The lowest BCUT2D eigenvalue weighted by Crippen LogP contribution is -2.29. The van der Waals surface area contributed by atoms with Gasteiger partial charge in [-0.25, -0.2) is 4.98 Å². The van der Waals surface area contributed by atoms with E-state index in [2.05, 4.69) is 27.7 Å². The number of nitrogens with two attached hydrogens (primary N) is 1. The molecule has 2 aromatic heterocycles. The summed E-state index contributed by atoms with van der Waals surface area (Å²) in [6.45, 7) is 8.38. The van der Waals surface area contributed by atoms with E-state index in [0.717, 1.165) is 39.2 Å². The van der Waals surface area contributed by atoms with Crippen LogP contribution >= 0.6 is 11.3 Å². The lowest BCUT2D eigenvalue weighted by Gasteiger charge is -2.31. The van der Waals surface area contributed by atoms with Crippen LogP contribution in [0.2, 0.25) is 0 Å². The Morgan fingerprint density at radius 2 is 1.58 bits per heavy atom. The third-order valence-corrected chi connectivity index (χ3v) is 6.33. The quantitative estimate of drug-likeness (QED) is 0.779. The number of nitrogen functional groups attached to an aromatic ring is 1. The number of nitrogens with zero attached hydrogens (tertiary/aromatic N) is 1. The summed E-state index contributed by atoms with van der Waals surface area (Å²) in [6.07, 6.45) is 2.60. The highest BCUT2D eigenvalue weighted by Crippen LogP contribution is 2.47. The normalized spacial score (nSPS) is 21.7. The fraction of sp³-hybridized carbons (Fsp3) is 0.526. The lowest BCUT2D eigenvalue weighted by molar-refractivity contribution is 0.0905. The lowest BCUT2D eigenvalue weighted by atomic mass is 9.73. The van der Waals surface area contributed by atoms with Crippen molar-refractivity contribution in [1.82, 2.24) is 4.98 Å². The van der Waals surface area contributed by atoms with Gasteiger partial charge in [-0.1, -0.05) is 27.7 Å². The Labute approximate surface area is 145 Å². The van der Waals surface area contributed by atoms with Gasteiger partial charge in [0.05, 0.1) is 21.8 Å². The van der Waals surface area contributed by atoms with Gasteiger partial charge in [0.25, 0.3) is 0 Å². The van der Waals surface area contributed by atoms with Crippen molar-refractivity contribution in [3.05, 3.63) is 21.7 Å². The van der Waals surface area contributed by atoms with Gasteiger partial charge in [-0.2, -0.15) is 0 Å². The number of aromatic nitrogens is 1. The number of fused-ring (bicyclic) bond motifs is 4. The molecule has 126 valence electrons. The Bertz CT molecular complexity index is 921. The van der Waals surface area contributed by atoms with Crippen molar-refractivity contribution < 1.29 is 9.59 Å². The molecule has 0 spiro atoms. The molecule has 4 rings (SSSR count). The number of pyridine rings is 1. The number of rotatable bonds is 0. The Balaban J connectivity index is 2.02. The second kappa shape index (κ2) is 4.66. The minimum atomic E-state index is -0.0914. The summed E-state index contributed by atoms with van der Waals surface area (Å²) in [5.74, 6) is 0.253. The maximum atomic E-state index is 12.7. The van der Waals surface area contributed by atoms with Crippen LogP contribution in [0.5, 0.6) is 0 Å². The molecule has 5 heteroatoms. The molecular weight excluding hydrogens is 320 g/mol. The van der Waals surface area contributed by atoms with Crippen molar-refractivity contribution in [2.45, 2.75) is 53.4 Å². The third-order valence-electron chi connectivity index (χ3n) is 5.16. The molecule has 2 aromatic rings. The van der Waals surface area contributed by atoms with E-state index in [4.69, 9.17) is 10.7 Å². The van der Waals surface area contributed by atoms with E-state index in [0.29, 0.717) is 24.1 Å². The predicted molar refractivity (Wildman–Crippen MR) is 96.9 cm³/mol. The van der Waals surface area contributed by atoms with Gasteiger partial charge >= 0.3 is 0 Å². The number of carbonyl (C=O) groups excluding carboxylic acids is 2. The molecule has 0 amide bonds. The van der Waals surface area contributed by atoms with Crippen molar-refractivity contribution in [3.8, 4) is 0 Å². The zero-order valence-corrected chi connectivity index (χ0v) is 15.4. The predicted octanol–water partition coefficient (Wildman–Crippen LogP) is 4.19. The molecule has 2 aliphatic carbocycles. The molecular formula is C19H22N2O2S. The number of hydrogen-bond acceptors (Lipinski definition) is 5. The number of thiophene rings is 1. The third kappa shape index (κ3) is 2.21. The molecule has 0 fully saturated rings. The van der Waals surface area contributed by atoms with E-state index < -0.39 is 0 Å². The molecule has 0 aromatic carbocycles. The number of hydrogen-bond donors (Lipinski definition) is 1. The van der Waals surface area contributed by atoms with Gasteiger partial charge in [0.1, 0.15) is 4.83 Å². The number of anilines is 1. The molecule has 0 bridgehead atoms. The summed E-state index contributed by atoms with van der Waals surface area (Å²) >= 11 is 1.44. The second-order valence-electron chi connectivity index (χ2n) is 8.82. The van der Waals surface area contributed by atoms with Crippen LogP contribution in [0.4, 0.5) is 5.69 Å². The van der Waals surface area contributed by atoms with Crippen molar-refractivity contribution in [2.24, 2.45) is 10.8 Å². The zero-order valence-electron chi connectivity index (χ0n) is 14.6. The van der Waals surface area contributed by atoms with Crippen molar-refractivity contribution in [2.75, 3.05) is 5.73 Å². The van der Waals surface area contributed by atoms with E-state index >= 15 is 0 Å². The van der Waals surface area contributed by atoms with Gasteiger partial charge in [-0.05, 0) is 29.2 Å². The maximum absolute atomic E-state index is 12.7. The fourth-order valence-electron chi connectivity index (χ4n) is 4.20. The first kappa shape index (κ1) is 15.8. The molecule has 0 unspecified atom stereocenters. The van der Waals surface area contributed by atoms with E-state index in [-0.39, 0.29) is 22.4 Å². The van der Waals surface area contributed by atoms with Gasteiger partial charge in [0.2, 0.25) is 0 Å². The Morgan fingerprint density at radius 3 is 2.29 bits per heavy atom. The van der Waals surface area contributed by atoms with Crippen LogP contribution in [0.25, 0.3) is 10.2 Å². The fourth-order valence-corrected chi connectivity index (χ4v) is 5.36. The highest BCUT2D eigenvalue weighted by Gasteiger charge is 2.38. The van der Waals surface area contributed by atoms with Crippen LogP contribution < -0.4 is 5.73 Å². The molecule has 2 N–H and O–H groups in total. The maximum Gasteiger partial charge on any atom is 0.173 e. The molecule has 2 heterocycles. The first-order valence-corrected chi connectivity index (χ1v) is 9.20. The largest absolute Gasteiger partial charge is 0.398 e. The molecule has 0 radical (unpaired) electrons. The summed E-state index contributed by atoms with van der Waals surface area (Å²) in [7, 11) is 0. The minimum Gasteiger partial charge on any atom is -0.398 e. The molecule has 0 saturated heterocycles. The Kier molecular flexibility index (Phi) is 3.06. The Morgan fingerprint density at radius 1 is 0.958 bits per heavy atom. The van der Waals surface area contributed by atoms with Crippen molar-refractivity contribution >= 4 is 38.8 Å². The van der Waals surface area contributed by atoms with Crippen LogP contribution in [0.1, 0.15) is 71.8 Å². The van der Waals surface area contributed by atoms with Gasteiger partial charge in [0.15, 0.2) is 11.6 Å². The summed E-state index contributed by atoms with van der Waals surface area (Å²) in [5, 5.41) is 0.850. The van der Waals surface area contributed by atoms with Crippen molar-refractivity contribution in [1.29, 1.82) is 0 Å². The first-order valence-electron chi connectivity index (χ1n) is 8.38. The van der Waals surface area contributed by atoms with E-state index in [1.807, 2.05) is 0 Å². The van der Waals surface area contributed by atoms with Crippen molar-refractivity contribution in [3.63, 3.8) is 0 Å². The topological polar surface area (TPSA) is 73.1 Å². The van der Waals surface area contributed by atoms with E-state index in [1.165, 1.54) is 11.3 Å². The zero-order chi connectivity index (χ0) is 17.4. The average Bonchev–Trinajstić information content (AvgIpc) is 2.73. The Hall–Kier alpha value is -1.75. The summed E-state index contributed by atoms with van der Waals surface area (Å²) in [6, 6.07) is 0. The number of ketones is 2. The highest BCUT2D eigenvalue weighted by molar-refractivity contribution is 7.20. The van der Waals surface area contributed by atoms with Crippen LogP contribution in [-0.2, 0) is 12.8 Å². The van der Waals surface area contributed by atoms with Crippen LogP contribution in [0, 0.1) is 10.8 Å². The smallest absolute Gasteiger partial charge is 0.173 e.